The van der Waals surface area contributed by atoms with Crippen molar-refractivity contribution < 1.29 is 8.42 Å². The fourth-order valence-electron chi connectivity index (χ4n) is 3.58. The number of nitrogens with zero attached hydrogens (tertiary/aromatic N) is 1. The zero-order chi connectivity index (χ0) is 18.1. The van der Waals surface area contributed by atoms with Gasteiger partial charge in [-0.3, -0.25) is 0 Å². The second-order valence-corrected chi connectivity index (χ2v) is 9.29. The molecule has 0 aliphatic heterocycles. The largest absolute Gasteiger partial charge is 0.241 e. The van der Waals surface area contributed by atoms with Gasteiger partial charge in [-0.05, 0) is 42.9 Å². The summed E-state index contributed by atoms with van der Waals surface area (Å²) >= 11 is 1.59. The van der Waals surface area contributed by atoms with Gasteiger partial charge >= 0.3 is 0 Å². The van der Waals surface area contributed by atoms with Gasteiger partial charge in [0.05, 0.1) is 20.9 Å². The van der Waals surface area contributed by atoms with Crippen molar-refractivity contribution in [2.45, 2.75) is 28.0 Å². The van der Waals surface area contributed by atoms with Crippen LogP contribution in [0.4, 0.5) is 0 Å². The summed E-state index contributed by atoms with van der Waals surface area (Å²) in [6, 6.07) is 20.7. The van der Waals surface area contributed by atoms with Crippen molar-refractivity contribution >= 4 is 21.6 Å². The Labute approximate surface area is 158 Å². The summed E-state index contributed by atoms with van der Waals surface area (Å²) in [6.45, 7) is 0. The third kappa shape index (κ3) is 2.95. The van der Waals surface area contributed by atoms with Crippen LogP contribution in [0.2, 0.25) is 0 Å². The van der Waals surface area contributed by atoms with Crippen molar-refractivity contribution in [1.29, 1.82) is 0 Å². The quantitative estimate of drug-likeness (QED) is 0.601. The molecule has 0 bridgehead atoms. The first-order valence-corrected chi connectivity index (χ1v) is 11.3. The van der Waals surface area contributed by atoms with Gasteiger partial charge in [-0.25, -0.2) is 13.4 Å². The zero-order valence-corrected chi connectivity index (χ0v) is 16.1. The predicted molar refractivity (Wildman–Crippen MR) is 106 cm³/mol. The molecule has 0 radical (unpaired) electrons. The van der Waals surface area contributed by atoms with Crippen LogP contribution in [-0.4, -0.2) is 19.7 Å². The molecule has 3 aromatic rings. The Morgan fingerprint density at radius 2 is 1.65 bits per heavy atom. The van der Waals surface area contributed by atoms with Gasteiger partial charge in [-0.1, -0.05) is 48.5 Å². The van der Waals surface area contributed by atoms with E-state index in [1.807, 2.05) is 48.7 Å². The highest BCUT2D eigenvalue weighted by atomic mass is 32.2. The van der Waals surface area contributed by atoms with Crippen LogP contribution in [0.1, 0.15) is 22.8 Å². The fraction of sp³-hybridized carbons (Fsp3) is 0.190. The summed E-state index contributed by atoms with van der Waals surface area (Å²) in [4.78, 5) is 5.17. The molecule has 26 heavy (non-hydrogen) atoms. The van der Waals surface area contributed by atoms with Crippen LogP contribution < -0.4 is 0 Å². The maximum atomic E-state index is 13.3. The molecule has 2 aromatic carbocycles. The summed E-state index contributed by atoms with van der Waals surface area (Å²) < 4.78 is 26.6. The molecule has 1 aliphatic rings. The molecule has 1 heterocycles. The zero-order valence-electron chi connectivity index (χ0n) is 14.4. The van der Waals surface area contributed by atoms with Gasteiger partial charge in [0.25, 0.3) is 0 Å². The SMILES string of the molecule is CSc1cc2c(c(-c3ccccc3)n1)C(S(=O)(=O)c1ccccc1)CC2. The van der Waals surface area contributed by atoms with Crippen LogP contribution in [0.5, 0.6) is 0 Å². The highest BCUT2D eigenvalue weighted by Gasteiger charge is 2.37. The van der Waals surface area contributed by atoms with Crippen molar-refractivity contribution in [1.82, 2.24) is 4.98 Å². The Hall–Kier alpha value is -2.11. The van der Waals surface area contributed by atoms with Crippen LogP contribution in [0, 0.1) is 0 Å². The second-order valence-electron chi connectivity index (χ2n) is 6.34. The number of aromatic nitrogens is 1. The van der Waals surface area contributed by atoms with Gasteiger partial charge < -0.3 is 0 Å². The summed E-state index contributed by atoms with van der Waals surface area (Å²) in [5.41, 5.74) is 3.75. The fourth-order valence-corrected chi connectivity index (χ4v) is 5.89. The lowest BCUT2D eigenvalue weighted by atomic mass is 10.0. The van der Waals surface area contributed by atoms with E-state index >= 15 is 0 Å². The van der Waals surface area contributed by atoms with E-state index in [0.29, 0.717) is 11.3 Å². The Bertz CT molecular complexity index is 1030. The van der Waals surface area contributed by atoms with E-state index in [1.165, 1.54) is 0 Å². The molecule has 1 aliphatic carbocycles. The minimum absolute atomic E-state index is 0.380. The standard InChI is InChI=1S/C21H19NO2S2/c1-25-19-14-16-12-13-18(26(23,24)17-10-6-3-7-11-17)20(16)21(22-19)15-8-4-2-5-9-15/h2-11,14,18H,12-13H2,1H3. The molecule has 1 aromatic heterocycles. The van der Waals surface area contributed by atoms with Crippen LogP contribution in [-0.2, 0) is 16.3 Å². The maximum Gasteiger partial charge on any atom is 0.185 e. The average Bonchev–Trinajstić information content (AvgIpc) is 3.13. The van der Waals surface area contributed by atoms with Gasteiger partial charge in [0.15, 0.2) is 9.84 Å². The smallest absolute Gasteiger partial charge is 0.185 e. The number of hydrogen-bond acceptors (Lipinski definition) is 4. The molecular weight excluding hydrogens is 362 g/mol. The summed E-state index contributed by atoms with van der Waals surface area (Å²) in [7, 11) is -3.45. The molecule has 1 unspecified atom stereocenters. The number of hydrogen-bond donors (Lipinski definition) is 0. The third-order valence-corrected chi connectivity index (χ3v) is 7.60. The minimum atomic E-state index is -3.45. The average molecular weight is 382 g/mol. The lowest BCUT2D eigenvalue weighted by molar-refractivity contribution is 0.580. The van der Waals surface area contributed by atoms with Crippen LogP contribution in [0.25, 0.3) is 11.3 Å². The number of fused-ring (bicyclic) bond motifs is 1. The first-order chi connectivity index (χ1) is 12.6. The molecular formula is C21H19NO2S2. The number of sulfone groups is 1. The molecule has 5 heteroatoms. The van der Waals surface area contributed by atoms with E-state index in [0.717, 1.165) is 33.8 Å². The Kier molecular flexibility index (Phi) is 4.59. The lowest BCUT2D eigenvalue weighted by Gasteiger charge is -2.17. The molecule has 0 N–H and O–H groups in total. The molecule has 0 saturated carbocycles. The van der Waals surface area contributed by atoms with Crippen molar-refractivity contribution in [2.24, 2.45) is 0 Å². The summed E-state index contributed by atoms with van der Waals surface area (Å²) in [6.07, 6.45) is 3.37. The van der Waals surface area contributed by atoms with Gasteiger partial charge in [0, 0.05) is 11.1 Å². The van der Waals surface area contributed by atoms with Crippen LogP contribution in [0.3, 0.4) is 0 Å². The third-order valence-electron chi connectivity index (χ3n) is 4.82. The molecule has 0 fully saturated rings. The van der Waals surface area contributed by atoms with Gasteiger partial charge in [0.2, 0.25) is 0 Å². The summed E-state index contributed by atoms with van der Waals surface area (Å²) in [5.74, 6) is 0. The second kappa shape index (κ2) is 6.89. The molecule has 4 rings (SSSR count). The highest BCUT2D eigenvalue weighted by Crippen LogP contribution is 2.45. The first-order valence-electron chi connectivity index (χ1n) is 8.53. The Morgan fingerprint density at radius 3 is 2.31 bits per heavy atom. The highest BCUT2D eigenvalue weighted by molar-refractivity contribution is 7.98. The molecule has 3 nitrogen and oxygen atoms in total. The molecule has 0 spiro atoms. The Morgan fingerprint density at radius 1 is 1.00 bits per heavy atom. The number of aryl methyl sites for hydroxylation is 1. The normalized spacial score (nSPS) is 16.4. The van der Waals surface area contributed by atoms with Gasteiger partial charge in [-0.15, -0.1) is 11.8 Å². The number of pyridine rings is 1. The lowest BCUT2D eigenvalue weighted by Crippen LogP contribution is -2.12. The molecule has 132 valence electrons. The number of thioether (sulfide) groups is 1. The van der Waals surface area contributed by atoms with E-state index < -0.39 is 15.1 Å². The van der Waals surface area contributed by atoms with Crippen molar-refractivity contribution in [3.8, 4) is 11.3 Å². The summed E-state index contributed by atoms with van der Waals surface area (Å²) in [5, 5.41) is 0.388. The molecule has 0 saturated heterocycles. The predicted octanol–water partition coefficient (Wildman–Crippen LogP) is 4.93. The van der Waals surface area contributed by atoms with E-state index in [9.17, 15) is 8.42 Å². The van der Waals surface area contributed by atoms with E-state index in [-0.39, 0.29) is 0 Å². The molecule has 0 amide bonds. The van der Waals surface area contributed by atoms with E-state index in [4.69, 9.17) is 4.98 Å². The van der Waals surface area contributed by atoms with Crippen LogP contribution in [0.15, 0.2) is 76.7 Å². The van der Waals surface area contributed by atoms with E-state index in [1.54, 1.807) is 36.0 Å². The van der Waals surface area contributed by atoms with Gasteiger partial charge in [-0.2, -0.15) is 0 Å². The van der Waals surface area contributed by atoms with Crippen LogP contribution >= 0.6 is 11.8 Å². The molecule has 1 atom stereocenters. The maximum absolute atomic E-state index is 13.3. The van der Waals surface area contributed by atoms with Crippen molar-refractivity contribution in [2.75, 3.05) is 6.26 Å². The minimum Gasteiger partial charge on any atom is -0.241 e. The monoisotopic (exact) mass is 381 g/mol. The topological polar surface area (TPSA) is 47.0 Å². The Balaban J connectivity index is 1.91. The number of rotatable bonds is 4. The number of benzene rings is 2. The first kappa shape index (κ1) is 17.3. The van der Waals surface area contributed by atoms with Crippen molar-refractivity contribution in [3.63, 3.8) is 0 Å². The van der Waals surface area contributed by atoms with Gasteiger partial charge in [0.1, 0.15) is 0 Å². The van der Waals surface area contributed by atoms with Crippen molar-refractivity contribution in [3.05, 3.63) is 77.9 Å². The van der Waals surface area contributed by atoms with E-state index in [2.05, 4.69) is 0 Å².